The number of hydrogen-bond donors (Lipinski definition) is 0. The maximum Gasteiger partial charge on any atom is 0.0383 e. The third kappa shape index (κ3) is 8.92. The second-order valence-electron chi connectivity index (χ2n) is 12.9. The molecular weight excluding hydrogens is 648 g/mol. The van der Waals surface area contributed by atoms with Gasteiger partial charge in [0.1, 0.15) is 0 Å². The standard InChI is InChI=1S/C38H39NP2.C5H10.Fe/c1-39(2)38(35-27-17-29-37(35)41(32-22-11-5-12-23-32)33-24-13-6-14-25-33)34-26-15-16-28-36(34)40(30-18-7-3-8-19-30)31-20-9-4-10-21-31;1-2-4-5-3-1;/h3-16,18-26,28,35,37-38H,17,27,29H2,1-2H3;1-5H2;/t35?,37?,38-;;/m0../s1. The van der Waals surface area contributed by atoms with Crippen molar-refractivity contribution in [3.8, 4) is 0 Å². The number of nitrogens with zero attached hydrogens (tertiary/aromatic N) is 1. The average Bonchev–Trinajstić information content (AvgIpc) is 3.85. The molecule has 1 nitrogen and oxygen atoms in total. The zero-order valence-electron chi connectivity index (χ0n) is 27.9. The molecule has 47 heavy (non-hydrogen) atoms. The molecule has 2 saturated carbocycles. The Kier molecular flexibility index (Phi) is 13.9. The minimum absolute atomic E-state index is 0. The van der Waals surface area contributed by atoms with Crippen LogP contribution in [0.4, 0.5) is 0 Å². The number of rotatable bonds is 9. The van der Waals surface area contributed by atoms with Gasteiger partial charge in [0, 0.05) is 23.1 Å². The molecule has 0 amide bonds. The van der Waals surface area contributed by atoms with Crippen LogP contribution in [0.1, 0.15) is 63.0 Å². The van der Waals surface area contributed by atoms with Crippen molar-refractivity contribution in [2.75, 3.05) is 14.1 Å². The SMILES string of the molecule is C1CCCC1.CN(C)[C@@H](c1ccccc1P(c1ccccc1)c1ccccc1)C1CCCC1P(c1ccccc1)c1ccccc1.[Fe]. The van der Waals surface area contributed by atoms with Crippen molar-refractivity contribution in [1.29, 1.82) is 0 Å². The second-order valence-corrected chi connectivity index (χ2v) is 17.6. The summed E-state index contributed by atoms with van der Waals surface area (Å²) in [5.41, 5.74) is 2.14. The molecule has 4 heteroatoms. The minimum Gasteiger partial charge on any atom is -0.302 e. The smallest absolute Gasteiger partial charge is 0.0383 e. The molecule has 2 unspecified atom stereocenters. The molecular formula is C43H49FeNP2. The first-order valence-electron chi connectivity index (χ1n) is 17.3. The van der Waals surface area contributed by atoms with Crippen LogP contribution in [-0.2, 0) is 17.1 Å². The molecule has 0 radical (unpaired) electrons. The van der Waals surface area contributed by atoms with E-state index in [4.69, 9.17) is 0 Å². The normalized spacial score (nSPS) is 18.1. The molecule has 0 N–H and O–H groups in total. The van der Waals surface area contributed by atoms with Crippen LogP contribution in [0.15, 0.2) is 146 Å². The molecule has 2 fully saturated rings. The maximum atomic E-state index is 2.52. The molecule has 0 saturated heterocycles. The third-order valence-electron chi connectivity index (χ3n) is 9.67. The van der Waals surface area contributed by atoms with E-state index in [0.29, 0.717) is 17.6 Å². The van der Waals surface area contributed by atoms with E-state index in [0.717, 1.165) is 0 Å². The fraction of sp³-hybridized carbons (Fsp3) is 0.302. The van der Waals surface area contributed by atoms with Crippen molar-refractivity contribution >= 4 is 42.4 Å². The van der Waals surface area contributed by atoms with Gasteiger partial charge in [-0.05, 0) is 86.4 Å². The van der Waals surface area contributed by atoms with Gasteiger partial charge in [-0.3, -0.25) is 0 Å². The summed E-state index contributed by atoms with van der Waals surface area (Å²) in [6.07, 6.45) is 11.4. The quantitative estimate of drug-likeness (QED) is 0.110. The summed E-state index contributed by atoms with van der Waals surface area (Å²) in [4.78, 5) is 2.52. The first kappa shape index (κ1) is 35.7. The Balaban J connectivity index is 0.000000662. The topological polar surface area (TPSA) is 3.24 Å². The van der Waals surface area contributed by atoms with E-state index in [9.17, 15) is 0 Å². The van der Waals surface area contributed by atoms with Crippen molar-refractivity contribution < 1.29 is 17.1 Å². The summed E-state index contributed by atoms with van der Waals surface area (Å²) >= 11 is 0. The molecule has 0 spiro atoms. The molecule has 2 aliphatic rings. The third-order valence-corrected chi connectivity index (χ3v) is 15.2. The first-order valence-corrected chi connectivity index (χ1v) is 20.0. The van der Waals surface area contributed by atoms with Crippen LogP contribution >= 0.6 is 15.8 Å². The van der Waals surface area contributed by atoms with Crippen molar-refractivity contribution in [3.05, 3.63) is 151 Å². The van der Waals surface area contributed by atoms with Gasteiger partial charge in [-0.1, -0.05) is 184 Å². The fourth-order valence-electron chi connectivity index (χ4n) is 7.67. The summed E-state index contributed by atoms with van der Waals surface area (Å²) in [5.74, 6) is 0.584. The first-order chi connectivity index (χ1) is 22.7. The Bertz CT molecular complexity index is 1510. The van der Waals surface area contributed by atoms with Crippen LogP contribution in [-0.4, -0.2) is 24.7 Å². The van der Waals surface area contributed by atoms with E-state index in [1.165, 1.54) is 83.5 Å². The van der Waals surface area contributed by atoms with Crippen molar-refractivity contribution in [2.24, 2.45) is 5.92 Å². The number of benzene rings is 5. The predicted molar refractivity (Wildman–Crippen MR) is 205 cm³/mol. The largest absolute Gasteiger partial charge is 0.302 e. The van der Waals surface area contributed by atoms with E-state index in [1.807, 2.05) is 0 Å². The second kappa shape index (κ2) is 18.3. The molecule has 3 atom stereocenters. The summed E-state index contributed by atoms with van der Waals surface area (Å²) in [6.45, 7) is 0. The molecule has 5 aromatic rings. The van der Waals surface area contributed by atoms with Crippen molar-refractivity contribution in [2.45, 2.75) is 63.1 Å². The van der Waals surface area contributed by atoms with Crippen LogP contribution in [0, 0.1) is 5.92 Å². The Hall–Kier alpha value is -2.56. The van der Waals surface area contributed by atoms with Gasteiger partial charge >= 0.3 is 0 Å². The zero-order chi connectivity index (χ0) is 31.6. The van der Waals surface area contributed by atoms with Gasteiger partial charge in [0.25, 0.3) is 0 Å². The fourth-order valence-corrected chi connectivity index (χ4v) is 13.3. The van der Waals surface area contributed by atoms with Crippen LogP contribution in [0.2, 0.25) is 0 Å². The molecule has 0 heterocycles. The van der Waals surface area contributed by atoms with Gasteiger partial charge in [0.15, 0.2) is 0 Å². The summed E-state index contributed by atoms with van der Waals surface area (Å²) in [6, 6.07) is 54.8. The van der Waals surface area contributed by atoms with Crippen LogP contribution < -0.4 is 26.5 Å². The molecule has 7 rings (SSSR count). The average molecular weight is 698 g/mol. The molecule has 2 aliphatic carbocycles. The Morgan fingerprint density at radius 3 is 1.34 bits per heavy atom. The van der Waals surface area contributed by atoms with E-state index < -0.39 is 15.8 Å². The van der Waals surface area contributed by atoms with Gasteiger partial charge in [-0.2, -0.15) is 0 Å². The van der Waals surface area contributed by atoms with Gasteiger partial charge < -0.3 is 4.90 Å². The Morgan fingerprint density at radius 1 is 0.489 bits per heavy atom. The van der Waals surface area contributed by atoms with Crippen LogP contribution in [0.5, 0.6) is 0 Å². The molecule has 0 bridgehead atoms. The van der Waals surface area contributed by atoms with Crippen LogP contribution in [0.25, 0.3) is 0 Å². The van der Waals surface area contributed by atoms with Gasteiger partial charge in [0.05, 0.1) is 0 Å². The van der Waals surface area contributed by atoms with Gasteiger partial charge in [-0.25, -0.2) is 0 Å². The van der Waals surface area contributed by atoms with E-state index >= 15 is 0 Å². The van der Waals surface area contributed by atoms with E-state index in [2.05, 4.69) is 165 Å². The zero-order valence-corrected chi connectivity index (χ0v) is 30.8. The van der Waals surface area contributed by atoms with Crippen molar-refractivity contribution in [3.63, 3.8) is 0 Å². The monoisotopic (exact) mass is 697 g/mol. The molecule has 0 aliphatic heterocycles. The molecule has 5 aromatic carbocycles. The number of hydrogen-bond acceptors (Lipinski definition) is 1. The minimum atomic E-state index is -0.677. The molecule has 244 valence electrons. The summed E-state index contributed by atoms with van der Waals surface area (Å²) < 4.78 is 0. The van der Waals surface area contributed by atoms with Crippen molar-refractivity contribution in [1.82, 2.24) is 4.90 Å². The van der Waals surface area contributed by atoms with Gasteiger partial charge in [-0.15, -0.1) is 0 Å². The summed E-state index contributed by atoms with van der Waals surface area (Å²) in [7, 11) is 3.46. The van der Waals surface area contributed by atoms with Gasteiger partial charge in [0.2, 0.25) is 0 Å². The Labute approximate surface area is 297 Å². The predicted octanol–water partition coefficient (Wildman–Crippen LogP) is 9.30. The summed E-state index contributed by atoms with van der Waals surface area (Å²) in [5, 5.41) is 7.34. The maximum absolute atomic E-state index is 2.52. The molecule has 0 aromatic heterocycles. The van der Waals surface area contributed by atoms with Crippen LogP contribution in [0.3, 0.4) is 0 Å². The van der Waals surface area contributed by atoms with E-state index in [-0.39, 0.29) is 17.1 Å². The Morgan fingerprint density at radius 2 is 0.894 bits per heavy atom. The van der Waals surface area contributed by atoms with E-state index in [1.54, 1.807) is 0 Å².